The average Bonchev–Trinajstić information content (AvgIpc) is 3.53. The zero-order valence-corrected chi connectivity index (χ0v) is 17.3. The molecule has 0 bridgehead atoms. The molecule has 0 atom stereocenters. The van der Waals surface area contributed by atoms with Crippen LogP contribution in [-0.4, -0.2) is 27.7 Å². The molecule has 9 heteroatoms. The Labute approximate surface area is 180 Å². The summed E-state index contributed by atoms with van der Waals surface area (Å²) in [4.78, 5) is 25.5. The molecule has 5 rings (SSSR count). The molecule has 1 aliphatic rings. The Bertz CT molecular complexity index is 1190. The van der Waals surface area contributed by atoms with Crippen LogP contribution >= 0.6 is 22.7 Å². The lowest BCUT2D eigenvalue weighted by Gasteiger charge is -2.02. The van der Waals surface area contributed by atoms with Gasteiger partial charge in [-0.2, -0.15) is 0 Å². The van der Waals surface area contributed by atoms with Crippen LogP contribution in [0.2, 0.25) is 0 Å². The van der Waals surface area contributed by atoms with Crippen molar-refractivity contribution in [1.29, 1.82) is 0 Å². The van der Waals surface area contributed by atoms with Gasteiger partial charge in [0.25, 0.3) is 0 Å². The van der Waals surface area contributed by atoms with E-state index in [1.165, 1.54) is 22.7 Å². The summed E-state index contributed by atoms with van der Waals surface area (Å²) < 4.78 is 10.8. The minimum Gasteiger partial charge on any atom is -0.454 e. The summed E-state index contributed by atoms with van der Waals surface area (Å²) in [5.74, 6) is 1.37. The number of hydrogen-bond acceptors (Lipinski definition) is 8. The van der Waals surface area contributed by atoms with Crippen LogP contribution in [0.15, 0.2) is 53.5 Å². The maximum atomic E-state index is 12.3. The van der Waals surface area contributed by atoms with Gasteiger partial charge >= 0.3 is 0 Å². The summed E-state index contributed by atoms with van der Waals surface area (Å²) in [5, 5.41) is 8.51. The molecular formula is C21H16N4O3S2. The van der Waals surface area contributed by atoms with Gasteiger partial charge in [0.1, 0.15) is 10.0 Å². The number of rotatable bonds is 6. The number of nitrogens with one attached hydrogen (secondary N) is 1. The van der Waals surface area contributed by atoms with Gasteiger partial charge in [0.2, 0.25) is 12.7 Å². The second-order valence-corrected chi connectivity index (χ2v) is 8.33. The third-order valence-corrected chi connectivity index (χ3v) is 6.27. The van der Waals surface area contributed by atoms with Crippen LogP contribution in [0.3, 0.4) is 0 Å². The largest absolute Gasteiger partial charge is 0.454 e. The normalized spacial score (nSPS) is 12.1. The maximum absolute atomic E-state index is 12.3. The van der Waals surface area contributed by atoms with Crippen molar-refractivity contribution in [3.63, 3.8) is 0 Å². The highest BCUT2D eigenvalue weighted by Crippen LogP contribution is 2.36. The molecule has 1 aromatic carbocycles. The van der Waals surface area contributed by atoms with E-state index in [0.717, 1.165) is 44.0 Å². The lowest BCUT2D eigenvalue weighted by Crippen LogP contribution is -2.24. The number of fused-ring (bicyclic) bond motifs is 1. The first-order valence-electron chi connectivity index (χ1n) is 9.20. The van der Waals surface area contributed by atoms with Gasteiger partial charge in [0, 0.05) is 34.3 Å². The molecule has 0 saturated heterocycles. The first-order chi connectivity index (χ1) is 14.7. The van der Waals surface area contributed by atoms with Crippen molar-refractivity contribution in [2.45, 2.75) is 13.0 Å². The summed E-state index contributed by atoms with van der Waals surface area (Å²) in [6.07, 6.45) is 3.70. The van der Waals surface area contributed by atoms with Crippen molar-refractivity contribution >= 4 is 28.6 Å². The van der Waals surface area contributed by atoms with E-state index in [1.54, 1.807) is 12.4 Å². The fourth-order valence-electron chi connectivity index (χ4n) is 3.00. The van der Waals surface area contributed by atoms with Crippen molar-refractivity contribution < 1.29 is 14.3 Å². The van der Waals surface area contributed by atoms with Crippen molar-refractivity contribution in [3.05, 3.63) is 64.2 Å². The van der Waals surface area contributed by atoms with Crippen LogP contribution < -0.4 is 14.8 Å². The summed E-state index contributed by atoms with van der Waals surface area (Å²) in [6, 6.07) is 9.56. The molecule has 1 amide bonds. The second kappa shape index (κ2) is 8.21. The Morgan fingerprint density at radius 3 is 2.77 bits per heavy atom. The van der Waals surface area contributed by atoms with Gasteiger partial charge in [-0.25, -0.2) is 9.97 Å². The number of carbonyl (C=O) groups excluding carboxylic acids is 1. The Balaban J connectivity index is 1.18. The highest BCUT2D eigenvalue weighted by atomic mass is 32.1. The SMILES string of the molecule is O=C(Cc1csc(-c2ccc3c(c2)OCO3)n1)NCc1nc(-c2ccncc2)cs1. The molecule has 4 aromatic rings. The standard InChI is InChI=1S/C21H16N4O3S2/c26-19(23-9-20-25-16(11-29-20)13-3-5-22-6-4-13)8-15-10-30-21(24-15)14-1-2-17-18(7-14)28-12-27-17/h1-7,10-11H,8-9,12H2,(H,23,26). The van der Waals surface area contributed by atoms with Gasteiger partial charge in [0.15, 0.2) is 11.5 Å². The first kappa shape index (κ1) is 18.7. The fraction of sp³-hybridized carbons (Fsp3) is 0.143. The lowest BCUT2D eigenvalue weighted by atomic mass is 10.2. The quantitative estimate of drug-likeness (QED) is 0.493. The van der Waals surface area contributed by atoms with Gasteiger partial charge in [-0.3, -0.25) is 9.78 Å². The first-order valence-corrected chi connectivity index (χ1v) is 11.0. The molecule has 0 radical (unpaired) electrons. The van der Waals surface area contributed by atoms with E-state index in [1.807, 2.05) is 41.1 Å². The second-order valence-electron chi connectivity index (χ2n) is 6.53. The Morgan fingerprint density at radius 1 is 1.00 bits per heavy atom. The molecule has 30 heavy (non-hydrogen) atoms. The number of carbonyl (C=O) groups is 1. The lowest BCUT2D eigenvalue weighted by molar-refractivity contribution is -0.120. The van der Waals surface area contributed by atoms with Gasteiger partial charge in [0.05, 0.1) is 24.4 Å². The average molecular weight is 437 g/mol. The van der Waals surface area contributed by atoms with E-state index in [2.05, 4.69) is 20.3 Å². The molecule has 150 valence electrons. The monoisotopic (exact) mass is 436 g/mol. The summed E-state index contributed by atoms with van der Waals surface area (Å²) in [7, 11) is 0. The van der Waals surface area contributed by atoms with Gasteiger partial charge < -0.3 is 14.8 Å². The van der Waals surface area contributed by atoms with Gasteiger partial charge in [-0.05, 0) is 30.3 Å². The zero-order chi connectivity index (χ0) is 20.3. The molecule has 0 spiro atoms. The summed E-state index contributed by atoms with van der Waals surface area (Å²) >= 11 is 3.02. The Kier molecular flexibility index (Phi) is 5.12. The van der Waals surface area contributed by atoms with Crippen molar-refractivity contribution in [2.75, 3.05) is 6.79 Å². The fourth-order valence-corrected chi connectivity index (χ4v) is 4.56. The highest BCUT2D eigenvalue weighted by Gasteiger charge is 2.16. The number of aromatic nitrogens is 3. The Hall–Kier alpha value is -3.30. The van der Waals surface area contributed by atoms with Crippen LogP contribution in [0.25, 0.3) is 21.8 Å². The van der Waals surface area contributed by atoms with Crippen molar-refractivity contribution in [2.24, 2.45) is 0 Å². The summed E-state index contributed by atoms with van der Waals surface area (Å²) in [5.41, 5.74) is 3.58. The van der Waals surface area contributed by atoms with Crippen LogP contribution in [0, 0.1) is 0 Å². The Morgan fingerprint density at radius 2 is 1.87 bits per heavy atom. The van der Waals surface area contributed by atoms with Crippen molar-refractivity contribution in [1.82, 2.24) is 20.3 Å². The number of hydrogen-bond donors (Lipinski definition) is 1. The molecule has 0 unspecified atom stereocenters. The van der Waals surface area contributed by atoms with Crippen LogP contribution in [0.4, 0.5) is 0 Å². The zero-order valence-electron chi connectivity index (χ0n) is 15.7. The van der Waals surface area contributed by atoms with E-state index in [9.17, 15) is 4.79 Å². The van der Waals surface area contributed by atoms with E-state index in [-0.39, 0.29) is 19.1 Å². The van der Waals surface area contributed by atoms with E-state index in [4.69, 9.17) is 9.47 Å². The van der Waals surface area contributed by atoms with Crippen LogP contribution in [0.5, 0.6) is 11.5 Å². The molecule has 1 aliphatic heterocycles. The molecule has 4 heterocycles. The van der Waals surface area contributed by atoms with E-state index in [0.29, 0.717) is 6.54 Å². The topological polar surface area (TPSA) is 86.2 Å². The number of benzene rings is 1. The molecule has 0 aliphatic carbocycles. The molecular weight excluding hydrogens is 420 g/mol. The third-order valence-electron chi connectivity index (χ3n) is 4.48. The molecule has 1 N–H and O–H groups in total. The molecule has 0 saturated carbocycles. The number of amides is 1. The number of ether oxygens (including phenoxy) is 2. The highest BCUT2D eigenvalue weighted by molar-refractivity contribution is 7.13. The predicted molar refractivity (Wildman–Crippen MR) is 115 cm³/mol. The van der Waals surface area contributed by atoms with Crippen LogP contribution in [0.1, 0.15) is 10.7 Å². The predicted octanol–water partition coefficient (Wildman–Crippen LogP) is 3.92. The van der Waals surface area contributed by atoms with E-state index >= 15 is 0 Å². The summed E-state index contributed by atoms with van der Waals surface area (Å²) in [6.45, 7) is 0.638. The minimum absolute atomic E-state index is 0.0850. The van der Waals surface area contributed by atoms with Gasteiger partial charge in [-0.1, -0.05) is 0 Å². The third kappa shape index (κ3) is 4.03. The molecule has 0 fully saturated rings. The number of pyridine rings is 1. The maximum Gasteiger partial charge on any atom is 0.231 e. The smallest absolute Gasteiger partial charge is 0.231 e. The van der Waals surface area contributed by atoms with Crippen LogP contribution in [-0.2, 0) is 17.8 Å². The molecule has 3 aromatic heterocycles. The number of nitrogens with zero attached hydrogens (tertiary/aromatic N) is 3. The number of thiazole rings is 2. The van der Waals surface area contributed by atoms with E-state index < -0.39 is 0 Å². The molecule has 7 nitrogen and oxygen atoms in total. The minimum atomic E-state index is -0.0850. The van der Waals surface area contributed by atoms with Gasteiger partial charge in [-0.15, -0.1) is 22.7 Å². The van der Waals surface area contributed by atoms with Crippen molar-refractivity contribution in [3.8, 4) is 33.3 Å².